The Morgan fingerprint density at radius 2 is 1.96 bits per heavy atom. The van der Waals surface area contributed by atoms with Crippen LogP contribution < -0.4 is 14.8 Å². The normalized spacial score (nSPS) is 17.2. The molecule has 1 aromatic rings. The number of carbonyl (C=O) groups is 2. The summed E-state index contributed by atoms with van der Waals surface area (Å²) in [5.41, 5.74) is 0.563. The number of nitrogens with one attached hydrogen (secondary N) is 1. The van der Waals surface area contributed by atoms with Crippen molar-refractivity contribution in [3.05, 3.63) is 23.8 Å². The molecule has 2 amide bonds. The summed E-state index contributed by atoms with van der Waals surface area (Å²) < 4.78 is 10.6. The molecule has 6 heteroatoms. The van der Waals surface area contributed by atoms with E-state index >= 15 is 0 Å². The van der Waals surface area contributed by atoms with Gasteiger partial charge in [0.2, 0.25) is 11.8 Å². The van der Waals surface area contributed by atoms with Crippen LogP contribution in [-0.2, 0) is 16.1 Å². The van der Waals surface area contributed by atoms with Gasteiger partial charge in [-0.25, -0.2) is 0 Å². The van der Waals surface area contributed by atoms with Crippen LogP contribution in [0, 0.1) is 11.3 Å². The second-order valence-electron chi connectivity index (χ2n) is 8.50. The van der Waals surface area contributed by atoms with Crippen LogP contribution in [0.2, 0.25) is 0 Å². The first-order valence-electron chi connectivity index (χ1n) is 10.0. The second-order valence-corrected chi connectivity index (χ2v) is 8.50. The zero-order valence-corrected chi connectivity index (χ0v) is 17.8. The SMILES string of the molecule is COc1ccc(CNC(=O)CC[C@@H]2CCCN(C(=O)C(C)(C)C)C2)c(OC)c1. The van der Waals surface area contributed by atoms with Crippen molar-refractivity contribution in [3.63, 3.8) is 0 Å². The Labute approximate surface area is 168 Å². The summed E-state index contributed by atoms with van der Waals surface area (Å²) in [6, 6.07) is 5.56. The highest BCUT2D eigenvalue weighted by molar-refractivity contribution is 5.81. The van der Waals surface area contributed by atoms with E-state index < -0.39 is 0 Å². The first kappa shape index (κ1) is 22.1. The largest absolute Gasteiger partial charge is 0.497 e. The summed E-state index contributed by atoms with van der Waals surface area (Å²) in [6.45, 7) is 7.89. The fourth-order valence-corrected chi connectivity index (χ4v) is 3.57. The Morgan fingerprint density at radius 3 is 2.61 bits per heavy atom. The van der Waals surface area contributed by atoms with Crippen molar-refractivity contribution in [2.24, 2.45) is 11.3 Å². The van der Waals surface area contributed by atoms with Gasteiger partial charge in [0, 0.05) is 43.1 Å². The summed E-state index contributed by atoms with van der Waals surface area (Å²) in [5.74, 6) is 2.04. The van der Waals surface area contributed by atoms with Gasteiger partial charge in [0.05, 0.1) is 14.2 Å². The third-order valence-electron chi connectivity index (χ3n) is 5.20. The first-order chi connectivity index (χ1) is 13.2. The smallest absolute Gasteiger partial charge is 0.227 e. The van der Waals surface area contributed by atoms with E-state index in [-0.39, 0.29) is 17.2 Å². The Morgan fingerprint density at radius 1 is 1.21 bits per heavy atom. The number of amides is 2. The number of nitrogens with zero attached hydrogens (tertiary/aromatic N) is 1. The van der Waals surface area contributed by atoms with E-state index in [2.05, 4.69) is 5.32 Å². The molecule has 1 saturated heterocycles. The second kappa shape index (κ2) is 9.80. The molecule has 1 aliphatic heterocycles. The van der Waals surface area contributed by atoms with Gasteiger partial charge >= 0.3 is 0 Å². The van der Waals surface area contributed by atoms with Gasteiger partial charge in [-0.05, 0) is 37.3 Å². The van der Waals surface area contributed by atoms with Crippen molar-refractivity contribution in [2.45, 2.75) is 53.0 Å². The standard InChI is InChI=1S/C22H34N2O4/c1-22(2,3)21(26)24-12-6-7-16(15-24)8-11-20(25)23-14-17-9-10-18(27-4)13-19(17)28-5/h9-10,13,16H,6-8,11-12,14-15H2,1-5H3,(H,23,25)/t16-/m0/s1. The quantitative estimate of drug-likeness (QED) is 0.775. The Balaban J connectivity index is 1.80. The first-order valence-corrected chi connectivity index (χ1v) is 10.0. The molecule has 1 fully saturated rings. The molecule has 1 N–H and O–H groups in total. The molecule has 1 atom stereocenters. The third kappa shape index (κ3) is 6.14. The number of hydrogen-bond donors (Lipinski definition) is 1. The summed E-state index contributed by atoms with van der Waals surface area (Å²) >= 11 is 0. The maximum absolute atomic E-state index is 12.5. The highest BCUT2D eigenvalue weighted by Gasteiger charge is 2.31. The Kier molecular flexibility index (Phi) is 7.72. The number of ether oxygens (including phenoxy) is 2. The number of rotatable bonds is 7. The van der Waals surface area contributed by atoms with E-state index in [0.717, 1.165) is 43.7 Å². The van der Waals surface area contributed by atoms with Crippen molar-refractivity contribution in [1.29, 1.82) is 0 Å². The average molecular weight is 391 g/mol. The van der Waals surface area contributed by atoms with Gasteiger partial charge in [0.15, 0.2) is 0 Å². The summed E-state index contributed by atoms with van der Waals surface area (Å²) in [5, 5.41) is 2.97. The summed E-state index contributed by atoms with van der Waals surface area (Å²) in [7, 11) is 3.21. The topological polar surface area (TPSA) is 67.9 Å². The molecule has 0 unspecified atom stereocenters. The van der Waals surface area contributed by atoms with Crippen LogP contribution in [0.15, 0.2) is 18.2 Å². The zero-order chi connectivity index (χ0) is 20.7. The van der Waals surface area contributed by atoms with Gasteiger partial charge in [0.1, 0.15) is 11.5 Å². The predicted octanol–water partition coefficient (Wildman–Crippen LogP) is 3.38. The fourth-order valence-electron chi connectivity index (χ4n) is 3.57. The number of likely N-dealkylation sites (tertiary alicyclic amines) is 1. The van der Waals surface area contributed by atoms with Crippen molar-refractivity contribution in [3.8, 4) is 11.5 Å². The van der Waals surface area contributed by atoms with Crippen molar-refractivity contribution in [1.82, 2.24) is 10.2 Å². The van der Waals surface area contributed by atoms with Gasteiger partial charge in [-0.15, -0.1) is 0 Å². The molecule has 0 aliphatic carbocycles. The number of hydrogen-bond acceptors (Lipinski definition) is 4. The molecule has 0 saturated carbocycles. The maximum Gasteiger partial charge on any atom is 0.227 e. The Hall–Kier alpha value is -2.24. The van der Waals surface area contributed by atoms with Gasteiger partial charge < -0.3 is 19.7 Å². The average Bonchev–Trinajstić information content (AvgIpc) is 2.69. The van der Waals surface area contributed by atoms with E-state index in [1.807, 2.05) is 43.9 Å². The number of piperidine rings is 1. The molecule has 0 radical (unpaired) electrons. The van der Waals surface area contributed by atoms with Crippen LogP contribution in [0.25, 0.3) is 0 Å². The molecule has 1 aliphatic rings. The number of methoxy groups -OCH3 is 2. The van der Waals surface area contributed by atoms with E-state index in [0.29, 0.717) is 24.6 Å². The van der Waals surface area contributed by atoms with Crippen molar-refractivity contribution < 1.29 is 19.1 Å². The van der Waals surface area contributed by atoms with Gasteiger partial charge in [0.25, 0.3) is 0 Å². The lowest BCUT2D eigenvalue weighted by Crippen LogP contribution is -2.45. The van der Waals surface area contributed by atoms with Crippen LogP contribution >= 0.6 is 0 Å². The molecule has 0 aromatic heterocycles. The third-order valence-corrected chi connectivity index (χ3v) is 5.20. The predicted molar refractivity (Wildman–Crippen MR) is 109 cm³/mol. The minimum atomic E-state index is -0.351. The minimum absolute atomic E-state index is 0.0251. The maximum atomic E-state index is 12.5. The van der Waals surface area contributed by atoms with E-state index in [1.165, 1.54) is 0 Å². The molecule has 156 valence electrons. The molecule has 6 nitrogen and oxygen atoms in total. The van der Waals surface area contributed by atoms with Gasteiger partial charge in [-0.3, -0.25) is 9.59 Å². The van der Waals surface area contributed by atoms with Crippen LogP contribution in [0.5, 0.6) is 11.5 Å². The van der Waals surface area contributed by atoms with E-state index in [4.69, 9.17) is 9.47 Å². The molecule has 2 rings (SSSR count). The van der Waals surface area contributed by atoms with E-state index in [1.54, 1.807) is 14.2 Å². The number of benzene rings is 1. The molecule has 0 bridgehead atoms. The molecule has 28 heavy (non-hydrogen) atoms. The van der Waals surface area contributed by atoms with Gasteiger partial charge in [-0.1, -0.05) is 20.8 Å². The fraction of sp³-hybridized carbons (Fsp3) is 0.636. The minimum Gasteiger partial charge on any atom is -0.497 e. The molecular formula is C22H34N2O4. The highest BCUT2D eigenvalue weighted by Crippen LogP contribution is 2.26. The summed E-state index contributed by atoms with van der Waals surface area (Å²) in [6.07, 6.45) is 3.37. The highest BCUT2D eigenvalue weighted by atomic mass is 16.5. The lowest BCUT2D eigenvalue weighted by atomic mass is 9.89. The van der Waals surface area contributed by atoms with Gasteiger partial charge in [-0.2, -0.15) is 0 Å². The number of carbonyl (C=O) groups excluding carboxylic acids is 2. The van der Waals surface area contributed by atoms with Crippen LogP contribution in [-0.4, -0.2) is 44.0 Å². The van der Waals surface area contributed by atoms with Crippen LogP contribution in [0.3, 0.4) is 0 Å². The molecule has 1 aromatic carbocycles. The molecular weight excluding hydrogens is 356 g/mol. The molecule has 0 spiro atoms. The van der Waals surface area contributed by atoms with Crippen LogP contribution in [0.1, 0.15) is 52.0 Å². The van der Waals surface area contributed by atoms with Crippen molar-refractivity contribution in [2.75, 3.05) is 27.3 Å². The lowest BCUT2D eigenvalue weighted by Gasteiger charge is -2.36. The van der Waals surface area contributed by atoms with Crippen LogP contribution in [0.4, 0.5) is 0 Å². The van der Waals surface area contributed by atoms with Crippen molar-refractivity contribution >= 4 is 11.8 Å². The Bertz CT molecular complexity index is 682. The zero-order valence-electron chi connectivity index (χ0n) is 17.8. The molecule has 1 heterocycles. The lowest BCUT2D eigenvalue weighted by molar-refractivity contribution is -0.141. The van der Waals surface area contributed by atoms with E-state index in [9.17, 15) is 9.59 Å². The monoisotopic (exact) mass is 390 g/mol. The summed E-state index contributed by atoms with van der Waals surface area (Å²) in [4.78, 5) is 26.8.